The molecule has 25 heavy (non-hydrogen) atoms. The molecule has 1 N–H and O–H groups in total. The second-order valence-electron chi connectivity index (χ2n) is 6.34. The van der Waals surface area contributed by atoms with Crippen LogP contribution >= 0.6 is 35.3 Å². The first-order chi connectivity index (χ1) is 11.5. The average molecular weight is 422 g/mol. The van der Waals surface area contributed by atoms with Gasteiger partial charge in [-0.25, -0.2) is 8.42 Å². The van der Waals surface area contributed by atoms with Gasteiger partial charge >= 0.3 is 0 Å². The molecule has 2 fully saturated rings. The van der Waals surface area contributed by atoms with Gasteiger partial charge in [-0.05, 0) is 36.1 Å². The Kier molecular flexibility index (Phi) is 5.95. The van der Waals surface area contributed by atoms with Gasteiger partial charge in [-0.15, -0.1) is 23.7 Å². The van der Waals surface area contributed by atoms with Gasteiger partial charge in [-0.2, -0.15) is 4.31 Å². The second-order valence-corrected chi connectivity index (χ2v) is 10.0. The van der Waals surface area contributed by atoms with Gasteiger partial charge in [0.2, 0.25) is 0 Å². The number of benzene rings is 1. The molecule has 2 saturated heterocycles. The Morgan fingerprint density at radius 2 is 1.92 bits per heavy atom. The van der Waals surface area contributed by atoms with Crippen LogP contribution in [0.5, 0.6) is 0 Å². The normalized spacial score (nSPS) is 23.0. The van der Waals surface area contributed by atoms with Gasteiger partial charge in [0.15, 0.2) is 0 Å². The number of rotatable bonds is 3. The van der Waals surface area contributed by atoms with Crippen LogP contribution in [-0.2, 0) is 10.0 Å². The summed E-state index contributed by atoms with van der Waals surface area (Å²) < 4.78 is 29.0. The van der Waals surface area contributed by atoms with E-state index in [0.717, 1.165) is 42.7 Å². The molecular formula is C16H21Cl2N3O2S2. The molecule has 2 aliphatic rings. The lowest BCUT2D eigenvalue weighted by Crippen LogP contribution is -2.49. The van der Waals surface area contributed by atoms with E-state index in [-0.39, 0.29) is 12.4 Å². The fourth-order valence-corrected chi connectivity index (χ4v) is 6.72. The van der Waals surface area contributed by atoms with Crippen LogP contribution in [0.1, 0.15) is 6.42 Å². The zero-order chi connectivity index (χ0) is 16.7. The predicted octanol–water partition coefficient (Wildman–Crippen LogP) is 2.64. The molecule has 138 valence electrons. The van der Waals surface area contributed by atoms with Crippen LogP contribution in [0, 0.1) is 0 Å². The number of thiophene rings is 1. The highest BCUT2D eigenvalue weighted by atomic mass is 35.5. The summed E-state index contributed by atoms with van der Waals surface area (Å²) in [6.45, 7) is 5.17. The molecule has 2 aliphatic heterocycles. The zero-order valence-corrected chi connectivity index (χ0v) is 16.9. The van der Waals surface area contributed by atoms with Crippen molar-refractivity contribution in [2.45, 2.75) is 16.7 Å². The van der Waals surface area contributed by atoms with E-state index in [2.05, 4.69) is 10.2 Å². The third kappa shape index (κ3) is 3.83. The quantitative estimate of drug-likeness (QED) is 0.827. The summed E-state index contributed by atoms with van der Waals surface area (Å²) in [5.74, 6) is 0. The molecule has 4 rings (SSSR count). The average Bonchev–Trinajstić information content (AvgIpc) is 3.23. The number of hydrogen-bond acceptors (Lipinski definition) is 5. The molecule has 0 aliphatic carbocycles. The summed E-state index contributed by atoms with van der Waals surface area (Å²) in [5, 5.41) is 4.86. The van der Waals surface area contributed by atoms with Crippen molar-refractivity contribution in [3.05, 3.63) is 29.3 Å². The van der Waals surface area contributed by atoms with Crippen LogP contribution in [0.4, 0.5) is 0 Å². The Balaban J connectivity index is 0.00000182. The summed E-state index contributed by atoms with van der Waals surface area (Å²) in [6.07, 6.45) is 0.913. The number of nitrogens with one attached hydrogen (secondary N) is 1. The highest BCUT2D eigenvalue weighted by Crippen LogP contribution is 2.34. The van der Waals surface area contributed by atoms with Gasteiger partial charge in [0.25, 0.3) is 10.0 Å². The third-order valence-electron chi connectivity index (χ3n) is 4.84. The third-order valence-corrected chi connectivity index (χ3v) is 8.51. The largest absolute Gasteiger partial charge is 0.314 e. The molecule has 1 aromatic carbocycles. The lowest BCUT2D eigenvalue weighted by atomic mass is 10.2. The first kappa shape index (κ1) is 19.4. The first-order valence-corrected chi connectivity index (χ1v) is 10.8. The minimum atomic E-state index is -3.42. The Bertz CT molecular complexity index is 850. The van der Waals surface area contributed by atoms with E-state index < -0.39 is 10.0 Å². The smallest absolute Gasteiger partial charge is 0.252 e. The molecular weight excluding hydrogens is 401 g/mol. The summed E-state index contributed by atoms with van der Waals surface area (Å²) >= 11 is 7.33. The number of sulfonamides is 1. The van der Waals surface area contributed by atoms with E-state index in [1.165, 1.54) is 11.3 Å². The molecule has 9 heteroatoms. The standard InChI is InChI=1S/C16H20ClN3O2S2.ClH/c17-13-1-2-15-12(9-13)10-16(23-15)24(21,22)20-6-3-14(11-20)19-7-4-18-5-8-19;/h1-2,9-10,14,18H,3-8,11H2;1H. The number of fused-ring (bicyclic) bond motifs is 1. The Morgan fingerprint density at radius 3 is 2.68 bits per heavy atom. The Hall–Kier alpha value is -0.410. The second kappa shape index (κ2) is 7.68. The monoisotopic (exact) mass is 421 g/mol. The highest BCUT2D eigenvalue weighted by Gasteiger charge is 2.36. The summed E-state index contributed by atoms with van der Waals surface area (Å²) in [4.78, 5) is 2.41. The van der Waals surface area contributed by atoms with Crippen LogP contribution in [0.3, 0.4) is 0 Å². The lowest BCUT2D eigenvalue weighted by Gasteiger charge is -2.32. The molecule has 1 unspecified atom stereocenters. The minimum Gasteiger partial charge on any atom is -0.314 e. The molecule has 1 aromatic heterocycles. The first-order valence-electron chi connectivity index (χ1n) is 8.18. The van der Waals surface area contributed by atoms with Crippen molar-refractivity contribution in [1.82, 2.24) is 14.5 Å². The van der Waals surface area contributed by atoms with Crippen molar-refractivity contribution >= 4 is 55.5 Å². The van der Waals surface area contributed by atoms with Gasteiger partial charge in [0.1, 0.15) is 4.21 Å². The van der Waals surface area contributed by atoms with E-state index in [1.54, 1.807) is 16.4 Å². The number of hydrogen-bond donors (Lipinski definition) is 1. The molecule has 0 radical (unpaired) electrons. The van der Waals surface area contributed by atoms with Gasteiger partial charge in [-0.3, -0.25) is 4.90 Å². The van der Waals surface area contributed by atoms with Gasteiger partial charge in [0.05, 0.1) is 0 Å². The van der Waals surface area contributed by atoms with Gasteiger partial charge in [0, 0.05) is 55.0 Å². The topological polar surface area (TPSA) is 52.7 Å². The number of halogens is 2. The Morgan fingerprint density at radius 1 is 1.16 bits per heavy atom. The maximum absolute atomic E-state index is 13.0. The molecule has 2 aromatic rings. The maximum Gasteiger partial charge on any atom is 0.252 e. The van der Waals surface area contributed by atoms with Crippen LogP contribution in [0.2, 0.25) is 5.02 Å². The number of nitrogens with zero attached hydrogens (tertiary/aromatic N) is 2. The van der Waals surface area contributed by atoms with E-state index in [4.69, 9.17) is 11.6 Å². The molecule has 1 atom stereocenters. The fraction of sp³-hybridized carbons (Fsp3) is 0.500. The minimum absolute atomic E-state index is 0. The van der Waals surface area contributed by atoms with E-state index in [9.17, 15) is 8.42 Å². The van der Waals surface area contributed by atoms with Crippen molar-refractivity contribution < 1.29 is 8.42 Å². The van der Waals surface area contributed by atoms with E-state index >= 15 is 0 Å². The number of piperazine rings is 1. The van der Waals surface area contributed by atoms with Gasteiger partial charge in [-0.1, -0.05) is 11.6 Å². The van der Waals surface area contributed by atoms with Gasteiger partial charge < -0.3 is 5.32 Å². The lowest BCUT2D eigenvalue weighted by molar-refractivity contribution is 0.179. The van der Waals surface area contributed by atoms with Crippen molar-refractivity contribution in [3.8, 4) is 0 Å². The van der Waals surface area contributed by atoms with E-state index in [1.807, 2.05) is 12.1 Å². The molecule has 0 bridgehead atoms. The van der Waals surface area contributed by atoms with Crippen molar-refractivity contribution in [2.24, 2.45) is 0 Å². The Labute approximate surface area is 163 Å². The molecule has 0 spiro atoms. The van der Waals surface area contributed by atoms with Crippen molar-refractivity contribution in [2.75, 3.05) is 39.3 Å². The predicted molar refractivity (Wildman–Crippen MR) is 106 cm³/mol. The molecule has 0 amide bonds. The van der Waals surface area contributed by atoms with Crippen LogP contribution in [-0.4, -0.2) is 62.9 Å². The van der Waals surface area contributed by atoms with Crippen LogP contribution in [0.15, 0.2) is 28.5 Å². The van der Waals surface area contributed by atoms with Crippen molar-refractivity contribution in [1.29, 1.82) is 0 Å². The van der Waals surface area contributed by atoms with Crippen molar-refractivity contribution in [3.63, 3.8) is 0 Å². The maximum atomic E-state index is 13.0. The molecule has 0 saturated carbocycles. The van der Waals surface area contributed by atoms with Crippen LogP contribution in [0.25, 0.3) is 10.1 Å². The molecule has 5 nitrogen and oxygen atoms in total. The summed E-state index contributed by atoms with van der Waals surface area (Å²) in [7, 11) is -3.42. The summed E-state index contributed by atoms with van der Waals surface area (Å²) in [6, 6.07) is 7.59. The summed E-state index contributed by atoms with van der Waals surface area (Å²) in [5.41, 5.74) is 0. The highest BCUT2D eigenvalue weighted by molar-refractivity contribution is 7.91. The fourth-order valence-electron chi connectivity index (χ4n) is 3.52. The van der Waals surface area contributed by atoms with Crippen LogP contribution < -0.4 is 5.32 Å². The SMILES string of the molecule is Cl.O=S(=O)(c1cc2cc(Cl)ccc2s1)N1CCC(N2CCNCC2)C1. The molecule has 3 heterocycles. The van der Waals surface area contributed by atoms with E-state index in [0.29, 0.717) is 28.4 Å². The zero-order valence-electron chi connectivity index (χ0n) is 13.7.